The van der Waals surface area contributed by atoms with Crippen molar-refractivity contribution in [1.82, 2.24) is 5.32 Å². The van der Waals surface area contributed by atoms with Crippen LogP contribution in [0.25, 0.3) is 0 Å². The third-order valence-corrected chi connectivity index (χ3v) is 4.02. The Labute approximate surface area is 126 Å². The summed E-state index contributed by atoms with van der Waals surface area (Å²) < 4.78 is 5.67. The zero-order valence-corrected chi connectivity index (χ0v) is 13.8. The molecule has 0 fully saturated rings. The van der Waals surface area contributed by atoms with Crippen molar-refractivity contribution in [3.8, 4) is 0 Å². The first-order valence-corrected chi connectivity index (χ1v) is 7.19. The minimum Gasteiger partial charge on any atom is -0.379 e. The maximum Gasteiger partial charge on any atom is 0.0775 e. The molecule has 19 heavy (non-hydrogen) atoms. The van der Waals surface area contributed by atoms with Crippen molar-refractivity contribution in [2.24, 2.45) is 5.41 Å². The molecule has 0 spiro atoms. The number of hydrogen-bond donors (Lipinski definition) is 1. The number of hydrogen-bond acceptors (Lipinski definition) is 2. The first-order valence-electron chi connectivity index (χ1n) is 6.43. The molecule has 2 unspecified atom stereocenters. The van der Waals surface area contributed by atoms with Crippen LogP contribution in [-0.2, 0) is 11.2 Å². The van der Waals surface area contributed by atoms with E-state index < -0.39 is 0 Å². The summed E-state index contributed by atoms with van der Waals surface area (Å²) in [6, 6.07) is 5.99. The summed E-state index contributed by atoms with van der Waals surface area (Å²) in [5.41, 5.74) is 1.22. The molecule has 1 aromatic carbocycles. The Morgan fingerprint density at radius 3 is 2.26 bits per heavy atom. The highest BCUT2D eigenvalue weighted by Crippen LogP contribution is 2.28. The summed E-state index contributed by atoms with van der Waals surface area (Å²) in [6.45, 7) is 6.54. The van der Waals surface area contributed by atoms with Gasteiger partial charge in [-0.05, 0) is 36.6 Å². The van der Waals surface area contributed by atoms with E-state index in [4.69, 9.17) is 27.9 Å². The number of halogens is 2. The van der Waals surface area contributed by atoms with Crippen molar-refractivity contribution in [2.45, 2.75) is 39.3 Å². The van der Waals surface area contributed by atoms with E-state index in [9.17, 15) is 0 Å². The van der Waals surface area contributed by atoms with Gasteiger partial charge in [-0.25, -0.2) is 0 Å². The van der Waals surface area contributed by atoms with Crippen LogP contribution in [0, 0.1) is 5.41 Å². The van der Waals surface area contributed by atoms with E-state index in [1.54, 1.807) is 7.11 Å². The molecule has 0 aliphatic carbocycles. The molecule has 0 aliphatic heterocycles. The number of ether oxygens (including phenoxy) is 1. The van der Waals surface area contributed by atoms with Gasteiger partial charge in [0.05, 0.1) is 16.1 Å². The smallest absolute Gasteiger partial charge is 0.0775 e. The van der Waals surface area contributed by atoms with Crippen molar-refractivity contribution in [1.29, 1.82) is 0 Å². The predicted molar refractivity (Wildman–Crippen MR) is 83.3 cm³/mol. The van der Waals surface area contributed by atoms with Gasteiger partial charge in [-0.15, -0.1) is 0 Å². The summed E-state index contributed by atoms with van der Waals surface area (Å²) in [5.74, 6) is 0. The van der Waals surface area contributed by atoms with E-state index in [2.05, 4.69) is 26.1 Å². The SMILES string of the molecule is CNC(Cc1ccc(Cl)c(Cl)c1)C(OC)C(C)(C)C. The van der Waals surface area contributed by atoms with Crippen LogP contribution in [0.1, 0.15) is 26.3 Å². The first-order chi connectivity index (χ1) is 8.79. The molecule has 0 saturated heterocycles. The molecule has 0 aliphatic rings. The minimum absolute atomic E-state index is 0.0681. The van der Waals surface area contributed by atoms with Crippen LogP contribution in [0.4, 0.5) is 0 Å². The highest BCUT2D eigenvalue weighted by molar-refractivity contribution is 6.42. The third-order valence-electron chi connectivity index (χ3n) is 3.28. The van der Waals surface area contributed by atoms with Crippen LogP contribution < -0.4 is 5.32 Å². The number of methoxy groups -OCH3 is 1. The average Bonchev–Trinajstić information content (AvgIpc) is 2.31. The Hall–Kier alpha value is -0.280. The maximum atomic E-state index is 6.06. The van der Waals surface area contributed by atoms with Crippen LogP contribution in [-0.4, -0.2) is 26.3 Å². The molecular weight excluding hydrogens is 281 g/mol. The van der Waals surface area contributed by atoms with Crippen LogP contribution in [0.15, 0.2) is 18.2 Å². The number of benzene rings is 1. The van der Waals surface area contributed by atoms with Crippen molar-refractivity contribution < 1.29 is 4.74 Å². The highest BCUT2D eigenvalue weighted by Gasteiger charge is 2.31. The summed E-state index contributed by atoms with van der Waals surface area (Å²) >= 11 is 12.0. The van der Waals surface area contributed by atoms with E-state index in [0.717, 1.165) is 12.0 Å². The molecule has 2 atom stereocenters. The summed E-state index contributed by atoms with van der Waals surface area (Å²) in [6.07, 6.45) is 0.968. The fraction of sp³-hybridized carbons (Fsp3) is 0.600. The van der Waals surface area contributed by atoms with E-state index in [0.29, 0.717) is 10.0 Å². The fourth-order valence-electron chi connectivity index (χ4n) is 2.40. The Bertz CT molecular complexity index is 415. The van der Waals surface area contributed by atoms with E-state index in [1.165, 1.54) is 0 Å². The first kappa shape index (κ1) is 16.8. The predicted octanol–water partition coefficient (Wildman–Crippen LogP) is 4.19. The lowest BCUT2D eigenvalue weighted by molar-refractivity contribution is -0.00921. The Morgan fingerprint density at radius 2 is 1.84 bits per heavy atom. The summed E-state index contributed by atoms with van der Waals surface area (Å²) in [4.78, 5) is 0. The molecule has 1 aromatic rings. The number of likely N-dealkylation sites (N-methyl/N-ethyl adjacent to an activating group) is 1. The highest BCUT2D eigenvalue weighted by atomic mass is 35.5. The summed E-state index contributed by atoms with van der Waals surface area (Å²) in [5, 5.41) is 4.53. The van der Waals surface area contributed by atoms with Gasteiger partial charge in [0.15, 0.2) is 0 Å². The lowest BCUT2D eigenvalue weighted by atomic mass is 9.82. The Kier molecular flexibility index (Phi) is 6.13. The molecule has 1 rings (SSSR count). The van der Waals surface area contributed by atoms with Gasteiger partial charge < -0.3 is 10.1 Å². The van der Waals surface area contributed by atoms with Gasteiger partial charge in [0.25, 0.3) is 0 Å². The van der Waals surface area contributed by atoms with Crippen LogP contribution >= 0.6 is 23.2 Å². The molecule has 0 radical (unpaired) electrons. The molecule has 0 aromatic heterocycles. The van der Waals surface area contributed by atoms with Crippen LogP contribution in [0.2, 0.25) is 10.0 Å². The topological polar surface area (TPSA) is 21.3 Å². The third kappa shape index (κ3) is 4.64. The molecule has 0 heterocycles. The van der Waals surface area contributed by atoms with Crippen molar-refractivity contribution >= 4 is 23.2 Å². The van der Waals surface area contributed by atoms with Gasteiger partial charge in [-0.2, -0.15) is 0 Å². The monoisotopic (exact) mass is 303 g/mol. The lowest BCUT2D eigenvalue weighted by Gasteiger charge is -2.36. The second kappa shape index (κ2) is 6.94. The van der Waals surface area contributed by atoms with Gasteiger partial charge in [-0.1, -0.05) is 50.0 Å². The zero-order chi connectivity index (χ0) is 14.6. The number of rotatable bonds is 5. The number of nitrogens with one attached hydrogen (secondary N) is 1. The van der Waals surface area contributed by atoms with Crippen molar-refractivity contribution in [2.75, 3.05) is 14.2 Å². The Morgan fingerprint density at radius 1 is 1.21 bits per heavy atom. The Balaban J connectivity index is 2.89. The van der Waals surface area contributed by atoms with E-state index in [-0.39, 0.29) is 17.6 Å². The molecule has 0 bridgehead atoms. The van der Waals surface area contributed by atoms with Gasteiger partial charge in [0.2, 0.25) is 0 Å². The lowest BCUT2D eigenvalue weighted by Crippen LogP contribution is -2.47. The molecule has 2 nitrogen and oxygen atoms in total. The van der Waals surface area contributed by atoms with Crippen molar-refractivity contribution in [3.05, 3.63) is 33.8 Å². The van der Waals surface area contributed by atoms with Gasteiger partial charge >= 0.3 is 0 Å². The van der Waals surface area contributed by atoms with Crippen LogP contribution in [0.5, 0.6) is 0 Å². The second-order valence-electron chi connectivity index (χ2n) is 5.87. The quantitative estimate of drug-likeness (QED) is 0.881. The van der Waals surface area contributed by atoms with E-state index in [1.807, 2.05) is 25.2 Å². The standard InChI is InChI=1S/C15H23Cl2NO/c1-15(2,3)14(19-5)13(18-4)9-10-6-7-11(16)12(17)8-10/h6-8,13-14,18H,9H2,1-5H3. The molecule has 0 saturated carbocycles. The normalized spacial score (nSPS) is 15.3. The molecular formula is C15H23Cl2NO. The molecule has 0 amide bonds. The molecule has 4 heteroatoms. The maximum absolute atomic E-state index is 6.06. The van der Waals surface area contributed by atoms with Crippen LogP contribution in [0.3, 0.4) is 0 Å². The zero-order valence-electron chi connectivity index (χ0n) is 12.3. The summed E-state index contributed by atoms with van der Waals surface area (Å²) in [7, 11) is 3.72. The van der Waals surface area contributed by atoms with Gasteiger partial charge in [-0.3, -0.25) is 0 Å². The van der Waals surface area contributed by atoms with E-state index >= 15 is 0 Å². The largest absolute Gasteiger partial charge is 0.379 e. The second-order valence-corrected chi connectivity index (χ2v) is 6.68. The van der Waals surface area contributed by atoms with Gasteiger partial charge in [0.1, 0.15) is 0 Å². The minimum atomic E-state index is 0.0681. The fourth-order valence-corrected chi connectivity index (χ4v) is 2.72. The van der Waals surface area contributed by atoms with Crippen molar-refractivity contribution in [3.63, 3.8) is 0 Å². The van der Waals surface area contributed by atoms with Gasteiger partial charge in [0, 0.05) is 13.2 Å². The molecule has 1 N–H and O–H groups in total. The molecule has 108 valence electrons. The average molecular weight is 304 g/mol.